The first kappa shape index (κ1) is 14.3. The van der Waals surface area contributed by atoms with E-state index in [2.05, 4.69) is 10.6 Å². The molecule has 0 aromatic carbocycles. The molecule has 1 aliphatic rings. The molecule has 1 aliphatic carbocycles. The Hall–Kier alpha value is -1.79. The van der Waals surface area contributed by atoms with Gasteiger partial charge in [0.05, 0.1) is 5.92 Å². The van der Waals surface area contributed by atoms with Crippen molar-refractivity contribution >= 4 is 17.9 Å². The van der Waals surface area contributed by atoms with Crippen LogP contribution < -0.4 is 16.4 Å². The second-order valence-electron chi connectivity index (χ2n) is 4.58. The zero-order valence-corrected chi connectivity index (χ0v) is 10.3. The second-order valence-corrected chi connectivity index (χ2v) is 4.58. The second kappa shape index (κ2) is 6.23. The lowest BCUT2D eigenvalue weighted by Crippen LogP contribution is -2.52. The number of carboxylic acids is 1. The molecule has 1 rings (SSSR count). The average molecular weight is 257 g/mol. The average Bonchev–Trinajstić information content (AvgIpc) is 2.28. The SMILES string of the molecule is CC(NC(=O)NC1CCCCC1C(=O)O)C(N)=O. The number of carboxylic acid groups (broad SMARTS) is 1. The lowest BCUT2D eigenvalue weighted by atomic mass is 9.84. The number of amides is 3. The van der Waals surface area contributed by atoms with Crippen LogP contribution in [0.4, 0.5) is 4.79 Å². The van der Waals surface area contributed by atoms with Crippen molar-refractivity contribution in [2.24, 2.45) is 11.7 Å². The molecule has 7 nitrogen and oxygen atoms in total. The van der Waals surface area contributed by atoms with E-state index < -0.39 is 35.9 Å². The number of hydrogen-bond donors (Lipinski definition) is 4. The maximum atomic E-state index is 11.6. The third-order valence-corrected chi connectivity index (χ3v) is 3.17. The van der Waals surface area contributed by atoms with E-state index in [0.29, 0.717) is 12.8 Å². The van der Waals surface area contributed by atoms with Crippen LogP contribution in [-0.2, 0) is 9.59 Å². The molecular weight excluding hydrogens is 238 g/mol. The summed E-state index contributed by atoms with van der Waals surface area (Å²) in [6.45, 7) is 1.47. The van der Waals surface area contributed by atoms with Gasteiger partial charge in [0.25, 0.3) is 0 Å². The van der Waals surface area contributed by atoms with Gasteiger partial charge in [0.15, 0.2) is 0 Å². The molecule has 0 saturated heterocycles. The van der Waals surface area contributed by atoms with Crippen LogP contribution >= 0.6 is 0 Å². The number of rotatable bonds is 4. The number of primary amides is 1. The Morgan fingerprint density at radius 3 is 2.44 bits per heavy atom. The van der Waals surface area contributed by atoms with Crippen LogP contribution in [0.5, 0.6) is 0 Å². The van der Waals surface area contributed by atoms with Crippen molar-refractivity contribution < 1.29 is 19.5 Å². The largest absolute Gasteiger partial charge is 0.481 e. The fraction of sp³-hybridized carbons (Fsp3) is 0.727. The van der Waals surface area contributed by atoms with E-state index in [1.165, 1.54) is 6.92 Å². The van der Waals surface area contributed by atoms with Crippen molar-refractivity contribution in [3.8, 4) is 0 Å². The number of nitrogens with two attached hydrogens (primary N) is 1. The molecule has 0 aromatic rings. The molecular formula is C11H19N3O4. The van der Waals surface area contributed by atoms with Crippen molar-refractivity contribution in [1.82, 2.24) is 10.6 Å². The molecule has 102 valence electrons. The number of aliphatic carboxylic acids is 1. The van der Waals surface area contributed by atoms with Crippen molar-refractivity contribution in [2.75, 3.05) is 0 Å². The third kappa shape index (κ3) is 3.90. The van der Waals surface area contributed by atoms with Crippen molar-refractivity contribution in [2.45, 2.75) is 44.7 Å². The lowest BCUT2D eigenvalue weighted by Gasteiger charge is -2.29. The summed E-state index contributed by atoms with van der Waals surface area (Å²) < 4.78 is 0. The molecule has 0 bridgehead atoms. The minimum atomic E-state index is -0.900. The highest BCUT2D eigenvalue weighted by Gasteiger charge is 2.32. The smallest absolute Gasteiger partial charge is 0.315 e. The molecule has 0 heterocycles. The van der Waals surface area contributed by atoms with E-state index in [-0.39, 0.29) is 0 Å². The highest BCUT2D eigenvalue weighted by Crippen LogP contribution is 2.24. The summed E-state index contributed by atoms with van der Waals surface area (Å²) in [5, 5.41) is 14.0. The number of hydrogen-bond acceptors (Lipinski definition) is 3. The van der Waals surface area contributed by atoms with Gasteiger partial charge in [-0.25, -0.2) is 4.79 Å². The number of carbonyl (C=O) groups is 3. The van der Waals surface area contributed by atoms with Crippen LogP contribution in [0.25, 0.3) is 0 Å². The molecule has 0 aliphatic heterocycles. The summed E-state index contributed by atoms with van der Waals surface area (Å²) in [6.07, 6.45) is 2.94. The predicted octanol–water partition coefficient (Wildman–Crippen LogP) is -0.197. The predicted molar refractivity (Wildman–Crippen MR) is 63.7 cm³/mol. The topological polar surface area (TPSA) is 122 Å². The molecule has 1 saturated carbocycles. The van der Waals surface area contributed by atoms with Crippen LogP contribution in [0.3, 0.4) is 0 Å². The van der Waals surface area contributed by atoms with Crippen LogP contribution in [0.1, 0.15) is 32.6 Å². The first-order chi connectivity index (χ1) is 8.41. The Labute approximate surface area is 105 Å². The summed E-state index contributed by atoms with van der Waals surface area (Å²) in [5.74, 6) is -2.10. The number of urea groups is 1. The van der Waals surface area contributed by atoms with Crippen LogP contribution in [0.2, 0.25) is 0 Å². The molecule has 1 fully saturated rings. The Morgan fingerprint density at radius 1 is 1.28 bits per heavy atom. The third-order valence-electron chi connectivity index (χ3n) is 3.17. The lowest BCUT2D eigenvalue weighted by molar-refractivity contribution is -0.143. The summed E-state index contributed by atoms with van der Waals surface area (Å²) in [5.41, 5.74) is 5.02. The van der Waals surface area contributed by atoms with E-state index in [9.17, 15) is 14.4 Å². The van der Waals surface area contributed by atoms with Crippen LogP contribution in [-0.4, -0.2) is 35.1 Å². The molecule has 0 spiro atoms. The van der Waals surface area contributed by atoms with Crippen molar-refractivity contribution in [3.63, 3.8) is 0 Å². The molecule has 3 atom stereocenters. The van der Waals surface area contributed by atoms with E-state index >= 15 is 0 Å². The van der Waals surface area contributed by atoms with E-state index in [0.717, 1.165) is 12.8 Å². The van der Waals surface area contributed by atoms with Crippen molar-refractivity contribution in [1.29, 1.82) is 0 Å². The summed E-state index contributed by atoms with van der Waals surface area (Å²) in [4.78, 5) is 33.4. The normalized spacial score (nSPS) is 24.9. The van der Waals surface area contributed by atoms with Crippen LogP contribution in [0, 0.1) is 5.92 Å². The minimum absolute atomic E-state index is 0.392. The van der Waals surface area contributed by atoms with Gasteiger partial charge in [-0.1, -0.05) is 12.8 Å². The maximum absolute atomic E-state index is 11.6. The van der Waals surface area contributed by atoms with Crippen molar-refractivity contribution in [3.05, 3.63) is 0 Å². The summed E-state index contributed by atoms with van der Waals surface area (Å²) in [7, 11) is 0. The van der Waals surface area contributed by atoms with Gasteiger partial charge >= 0.3 is 12.0 Å². The molecule has 7 heteroatoms. The van der Waals surface area contributed by atoms with Gasteiger partial charge in [0.2, 0.25) is 5.91 Å². The van der Waals surface area contributed by atoms with Gasteiger partial charge in [-0.15, -0.1) is 0 Å². The zero-order valence-electron chi connectivity index (χ0n) is 10.3. The van der Waals surface area contributed by atoms with Gasteiger partial charge in [-0.3, -0.25) is 9.59 Å². The Morgan fingerprint density at radius 2 is 1.89 bits per heavy atom. The van der Waals surface area contributed by atoms with E-state index in [1.54, 1.807) is 0 Å². The van der Waals surface area contributed by atoms with Crippen LogP contribution in [0.15, 0.2) is 0 Å². The van der Waals surface area contributed by atoms with Gasteiger partial charge in [-0.05, 0) is 19.8 Å². The molecule has 18 heavy (non-hydrogen) atoms. The Balaban J connectivity index is 2.51. The zero-order chi connectivity index (χ0) is 13.7. The molecule has 0 radical (unpaired) electrons. The van der Waals surface area contributed by atoms with Gasteiger partial charge in [-0.2, -0.15) is 0 Å². The maximum Gasteiger partial charge on any atom is 0.315 e. The van der Waals surface area contributed by atoms with E-state index in [1.807, 2.05) is 0 Å². The first-order valence-corrected chi connectivity index (χ1v) is 6.01. The monoisotopic (exact) mass is 257 g/mol. The van der Waals surface area contributed by atoms with Gasteiger partial charge in [0, 0.05) is 6.04 Å². The number of carbonyl (C=O) groups excluding carboxylic acids is 2. The quantitative estimate of drug-likeness (QED) is 0.557. The van der Waals surface area contributed by atoms with E-state index in [4.69, 9.17) is 10.8 Å². The fourth-order valence-corrected chi connectivity index (χ4v) is 2.08. The summed E-state index contributed by atoms with van der Waals surface area (Å²) in [6, 6.07) is -1.73. The fourth-order valence-electron chi connectivity index (χ4n) is 2.08. The Bertz CT molecular complexity index is 345. The Kier molecular flexibility index (Phi) is 4.94. The molecule has 3 unspecified atom stereocenters. The van der Waals surface area contributed by atoms with Gasteiger partial charge < -0.3 is 21.5 Å². The standard InChI is InChI=1S/C11H19N3O4/c1-6(9(12)15)13-11(18)14-8-5-3-2-4-7(8)10(16)17/h6-8H,2-5H2,1H3,(H2,12,15)(H,16,17)(H2,13,14,18). The summed E-state index contributed by atoms with van der Waals surface area (Å²) >= 11 is 0. The highest BCUT2D eigenvalue weighted by atomic mass is 16.4. The molecule has 3 amide bonds. The molecule has 5 N–H and O–H groups in total. The number of nitrogens with one attached hydrogen (secondary N) is 2. The highest BCUT2D eigenvalue weighted by molar-refractivity contribution is 5.85. The first-order valence-electron chi connectivity index (χ1n) is 6.01. The van der Waals surface area contributed by atoms with Gasteiger partial charge in [0.1, 0.15) is 6.04 Å². The minimum Gasteiger partial charge on any atom is -0.481 e. The molecule has 0 aromatic heterocycles.